The first kappa shape index (κ1) is 24.5. The van der Waals surface area contributed by atoms with E-state index in [1.807, 2.05) is 0 Å². The van der Waals surface area contributed by atoms with Crippen molar-refractivity contribution in [2.45, 2.75) is 25.7 Å². The van der Waals surface area contributed by atoms with Crippen LogP contribution in [0.25, 0.3) is 11.2 Å². The van der Waals surface area contributed by atoms with Crippen LogP contribution in [-0.2, 0) is 26.3 Å². The van der Waals surface area contributed by atoms with Gasteiger partial charge in [0.25, 0.3) is 5.56 Å². The zero-order chi connectivity index (χ0) is 25.3. The van der Waals surface area contributed by atoms with Crippen molar-refractivity contribution in [1.29, 1.82) is 0 Å². The lowest BCUT2D eigenvalue weighted by Crippen LogP contribution is -2.39. The van der Waals surface area contributed by atoms with Gasteiger partial charge in [-0.25, -0.2) is 4.79 Å². The maximum absolute atomic E-state index is 13.3. The summed E-state index contributed by atoms with van der Waals surface area (Å²) in [7, 11) is 1.41. The van der Waals surface area contributed by atoms with E-state index in [1.165, 1.54) is 29.9 Å². The number of aryl methyl sites for hydroxylation is 1. The molecule has 0 aliphatic heterocycles. The number of nitrogens with zero attached hydrogens (tertiary/aromatic N) is 5. The molecule has 0 bridgehead atoms. The molecule has 9 nitrogen and oxygen atoms in total. The summed E-state index contributed by atoms with van der Waals surface area (Å²) in [4.78, 5) is 34.5. The van der Waals surface area contributed by atoms with Gasteiger partial charge in [-0.3, -0.25) is 23.5 Å². The molecule has 3 aromatic heterocycles. The van der Waals surface area contributed by atoms with Crippen molar-refractivity contribution in [3.63, 3.8) is 0 Å². The van der Waals surface area contributed by atoms with E-state index < -0.39 is 23.0 Å². The van der Waals surface area contributed by atoms with Crippen LogP contribution in [0.5, 0.6) is 11.8 Å². The Bertz CT molecular complexity index is 1490. The third-order valence-corrected chi connectivity index (χ3v) is 5.44. The van der Waals surface area contributed by atoms with Gasteiger partial charge in [-0.05, 0) is 36.8 Å². The molecule has 0 radical (unpaired) electrons. The number of hydrogen-bond acceptors (Lipinski definition) is 6. The van der Waals surface area contributed by atoms with Crippen molar-refractivity contribution < 1.29 is 23.0 Å². The van der Waals surface area contributed by atoms with Gasteiger partial charge in [-0.2, -0.15) is 18.2 Å². The molecule has 0 amide bonds. The average Bonchev–Trinajstić information content (AvgIpc) is 3.16. The molecule has 0 aliphatic carbocycles. The number of aliphatic hydroxyl groups excluding tert-OH is 1. The molecule has 1 N–H and O–H groups in total. The Balaban J connectivity index is 1.91. The second-order valence-electron chi connectivity index (χ2n) is 7.62. The van der Waals surface area contributed by atoms with Gasteiger partial charge >= 0.3 is 17.9 Å². The molecule has 4 aromatic rings. The summed E-state index contributed by atoms with van der Waals surface area (Å²) in [6.07, 6.45) is -3.02. The lowest BCUT2D eigenvalue weighted by atomic mass is 10.2. The standard InChI is InChI=1S/C22H19ClF3N5O4/c1-29-18-17(19(33)30(21(29)34)8-3-9-32)31(12-15-7-6-14(23)11-27-15)20(28-18)35-16-5-2-4-13(10-16)22(24,25)26/h2,4-7,10-11,32H,3,8-9,12H2,1H3. The Morgan fingerprint density at radius 3 is 2.57 bits per heavy atom. The maximum atomic E-state index is 13.3. The first-order valence-corrected chi connectivity index (χ1v) is 10.7. The maximum Gasteiger partial charge on any atom is 0.416 e. The molecule has 1 aromatic carbocycles. The molecule has 0 unspecified atom stereocenters. The van der Waals surface area contributed by atoms with Crippen LogP contribution in [0.15, 0.2) is 52.2 Å². The summed E-state index contributed by atoms with van der Waals surface area (Å²) in [5.74, 6) is -0.161. The van der Waals surface area contributed by atoms with Crippen molar-refractivity contribution in [1.82, 2.24) is 23.7 Å². The fourth-order valence-electron chi connectivity index (χ4n) is 3.51. The number of fused-ring (bicyclic) bond motifs is 1. The van der Waals surface area contributed by atoms with E-state index in [2.05, 4.69) is 9.97 Å². The molecule has 0 spiro atoms. The summed E-state index contributed by atoms with van der Waals surface area (Å²) >= 11 is 5.90. The number of halogens is 4. The van der Waals surface area contributed by atoms with E-state index in [0.29, 0.717) is 10.7 Å². The highest BCUT2D eigenvalue weighted by Gasteiger charge is 2.31. The summed E-state index contributed by atoms with van der Waals surface area (Å²) in [6, 6.07) is 7.20. The smallest absolute Gasteiger partial charge is 0.416 e. The predicted octanol–water partition coefficient (Wildman–Crippen LogP) is 3.19. The second-order valence-corrected chi connectivity index (χ2v) is 8.06. The third-order valence-electron chi connectivity index (χ3n) is 5.22. The number of imidazole rings is 1. The molecular formula is C22H19ClF3N5O4. The Kier molecular flexibility index (Phi) is 6.68. The SMILES string of the molecule is Cn1c(=O)n(CCCO)c(=O)c2c1nc(Oc1cccc(C(F)(F)F)c1)n2Cc1ccc(Cl)cn1. The quantitative estimate of drug-likeness (QED) is 0.410. The fraction of sp³-hybridized carbons (Fsp3) is 0.273. The number of benzene rings is 1. The second kappa shape index (κ2) is 9.55. The van der Waals surface area contributed by atoms with Gasteiger partial charge in [0.2, 0.25) is 0 Å². The number of aromatic nitrogens is 5. The zero-order valence-electron chi connectivity index (χ0n) is 18.3. The van der Waals surface area contributed by atoms with Crippen LogP contribution in [0.1, 0.15) is 17.7 Å². The predicted molar refractivity (Wildman–Crippen MR) is 121 cm³/mol. The summed E-state index contributed by atoms with van der Waals surface area (Å²) in [6.45, 7) is -0.312. The molecule has 4 rings (SSSR count). The molecule has 35 heavy (non-hydrogen) atoms. The highest BCUT2D eigenvalue weighted by molar-refractivity contribution is 6.30. The van der Waals surface area contributed by atoms with Crippen LogP contribution in [0, 0.1) is 0 Å². The van der Waals surface area contributed by atoms with Crippen molar-refractivity contribution in [2.24, 2.45) is 7.05 Å². The van der Waals surface area contributed by atoms with E-state index in [4.69, 9.17) is 21.4 Å². The Hall–Kier alpha value is -3.64. The highest BCUT2D eigenvalue weighted by Crippen LogP contribution is 2.33. The van der Waals surface area contributed by atoms with Gasteiger partial charge in [0.15, 0.2) is 11.2 Å². The van der Waals surface area contributed by atoms with E-state index in [1.54, 1.807) is 12.1 Å². The molecule has 0 saturated carbocycles. The topological polar surface area (TPSA) is 104 Å². The Labute approximate surface area is 200 Å². The lowest BCUT2D eigenvalue weighted by Gasteiger charge is -2.12. The normalized spacial score (nSPS) is 11.8. The summed E-state index contributed by atoms with van der Waals surface area (Å²) < 4.78 is 48.6. The fourth-order valence-corrected chi connectivity index (χ4v) is 3.62. The van der Waals surface area contributed by atoms with Crippen LogP contribution in [0.4, 0.5) is 13.2 Å². The minimum Gasteiger partial charge on any atom is -0.425 e. The summed E-state index contributed by atoms with van der Waals surface area (Å²) in [5, 5.41) is 9.54. The van der Waals surface area contributed by atoms with Gasteiger partial charge in [-0.1, -0.05) is 17.7 Å². The number of ether oxygens (including phenoxy) is 1. The monoisotopic (exact) mass is 509 g/mol. The Morgan fingerprint density at radius 1 is 1.14 bits per heavy atom. The van der Waals surface area contributed by atoms with Crippen molar-refractivity contribution in [3.05, 3.63) is 79.7 Å². The first-order valence-electron chi connectivity index (χ1n) is 10.4. The first-order chi connectivity index (χ1) is 16.6. The number of hydrogen-bond donors (Lipinski definition) is 1. The molecule has 13 heteroatoms. The third kappa shape index (κ3) is 4.93. The molecule has 0 fully saturated rings. The van der Waals surface area contributed by atoms with Gasteiger partial charge in [0, 0.05) is 26.4 Å². The van der Waals surface area contributed by atoms with Crippen molar-refractivity contribution >= 4 is 22.8 Å². The van der Waals surface area contributed by atoms with Gasteiger partial charge < -0.3 is 9.84 Å². The van der Waals surface area contributed by atoms with Gasteiger partial charge in [0.1, 0.15) is 5.75 Å². The van der Waals surface area contributed by atoms with Crippen molar-refractivity contribution in [2.75, 3.05) is 6.61 Å². The van der Waals surface area contributed by atoms with Crippen LogP contribution in [0.2, 0.25) is 5.02 Å². The molecule has 3 heterocycles. The molecule has 0 saturated heterocycles. The van der Waals surface area contributed by atoms with E-state index >= 15 is 0 Å². The zero-order valence-corrected chi connectivity index (χ0v) is 19.0. The van der Waals surface area contributed by atoms with Crippen LogP contribution >= 0.6 is 11.6 Å². The minimum atomic E-state index is -4.59. The van der Waals surface area contributed by atoms with Crippen LogP contribution in [0.3, 0.4) is 0 Å². The molecule has 184 valence electrons. The lowest BCUT2D eigenvalue weighted by molar-refractivity contribution is -0.137. The van der Waals surface area contributed by atoms with Gasteiger partial charge in [0.05, 0.1) is 22.8 Å². The summed E-state index contributed by atoms with van der Waals surface area (Å²) in [5.41, 5.74) is -1.83. The average molecular weight is 510 g/mol. The number of pyridine rings is 1. The largest absolute Gasteiger partial charge is 0.425 e. The molecular weight excluding hydrogens is 491 g/mol. The Morgan fingerprint density at radius 2 is 1.91 bits per heavy atom. The van der Waals surface area contributed by atoms with E-state index in [9.17, 15) is 22.8 Å². The number of alkyl halides is 3. The van der Waals surface area contributed by atoms with Crippen LogP contribution < -0.4 is 16.0 Å². The number of rotatable bonds is 7. The van der Waals surface area contributed by atoms with Crippen LogP contribution in [-0.4, -0.2) is 35.4 Å². The van der Waals surface area contributed by atoms with E-state index in [0.717, 1.165) is 21.3 Å². The van der Waals surface area contributed by atoms with E-state index in [-0.39, 0.29) is 49.0 Å². The minimum absolute atomic E-state index is 0.0104. The van der Waals surface area contributed by atoms with Crippen molar-refractivity contribution in [3.8, 4) is 11.8 Å². The molecule has 0 atom stereocenters. The highest BCUT2D eigenvalue weighted by atomic mass is 35.5. The number of aliphatic hydroxyl groups is 1. The molecule has 0 aliphatic rings. The van der Waals surface area contributed by atoms with Gasteiger partial charge in [-0.15, -0.1) is 0 Å².